The van der Waals surface area contributed by atoms with E-state index >= 15 is 0 Å². The predicted octanol–water partition coefficient (Wildman–Crippen LogP) is 1.87. The molecule has 0 saturated heterocycles. The third-order valence-electron chi connectivity index (χ3n) is 1.69. The molecule has 0 aliphatic rings. The van der Waals surface area contributed by atoms with E-state index in [1.165, 1.54) is 12.1 Å². The lowest BCUT2D eigenvalue weighted by Crippen LogP contribution is -2.29. The van der Waals surface area contributed by atoms with E-state index in [0.717, 1.165) is 6.07 Å². The molecule has 0 aromatic heterocycles. The highest BCUT2D eigenvalue weighted by Crippen LogP contribution is 2.19. The largest absolute Gasteiger partial charge is 0.312 e. The van der Waals surface area contributed by atoms with Crippen LogP contribution in [-0.4, -0.2) is 5.84 Å². The number of nitrogens with zero attached hydrogens (tertiary/aromatic N) is 1. The van der Waals surface area contributed by atoms with E-state index in [9.17, 15) is 8.78 Å². The number of aliphatic imine (C=N–C) groups is 1. The fourth-order valence-electron chi connectivity index (χ4n) is 0.938. The second-order valence-electron chi connectivity index (χ2n) is 2.63. The van der Waals surface area contributed by atoms with Gasteiger partial charge >= 0.3 is 0 Å². The van der Waals surface area contributed by atoms with Crippen LogP contribution in [0.15, 0.2) is 23.2 Å². The second kappa shape index (κ2) is 4.66. The average Bonchev–Trinajstić information content (AvgIpc) is 2.20. The molecule has 1 aromatic carbocycles. The quantitative estimate of drug-likeness (QED) is 0.330. The molecule has 3 N–H and O–H groups in total. The first-order valence-electron chi connectivity index (χ1n) is 4.17. The van der Waals surface area contributed by atoms with E-state index in [1.807, 2.05) is 0 Å². The molecule has 0 radical (unpaired) electrons. The maximum atomic E-state index is 13.1. The molecule has 0 amide bonds. The molecule has 1 rings (SSSR count). The molecule has 5 heteroatoms. The number of amidine groups is 1. The molecule has 14 heavy (non-hydrogen) atoms. The van der Waals surface area contributed by atoms with Gasteiger partial charge in [-0.2, -0.15) is 0 Å². The highest BCUT2D eigenvalue weighted by atomic mass is 19.2. The van der Waals surface area contributed by atoms with E-state index < -0.39 is 11.6 Å². The van der Waals surface area contributed by atoms with Crippen molar-refractivity contribution in [3.8, 4) is 0 Å². The van der Waals surface area contributed by atoms with Crippen molar-refractivity contribution in [2.75, 3.05) is 0 Å². The van der Waals surface area contributed by atoms with Gasteiger partial charge in [0.2, 0.25) is 0 Å². The minimum Gasteiger partial charge on any atom is -0.312 e. The topological polar surface area (TPSA) is 50.4 Å². The predicted molar refractivity (Wildman–Crippen MR) is 51.1 cm³/mol. The summed E-state index contributed by atoms with van der Waals surface area (Å²) in [6.07, 6.45) is 0.520. The number of hydrogen-bond acceptors (Lipinski definition) is 2. The average molecular weight is 199 g/mol. The molecule has 0 aliphatic carbocycles. The van der Waals surface area contributed by atoms with Gasteiger partial charge in [-0.25, -0.2) is 19.6 Å². The fraction of sp³-hybridized carbons (Fsp3) is 0.222. The van der Waals surface area contributed by atoms with Crippen LogP contribution in [0.1, 0.15) is 13.3 Å². The summed E-state index contributed by atoms with van der Waals surface area (Å²) in [6, 6.07) is 3.81. The summed E-state index contributed by atoms with van der Waals surface area (Å²) in [4.78, 5) is 3.82. The lowest BCUT2D eigenvalue weighted by atomic mass is 10.3. The van der Waals surface area contributed by atoms with Crippen LogP contribution < -0.4 is 11.3 Å². The van der Waals surface area contributed by atoms with Crippen molar-refractivity contribution in [2.45, 2.75) is 13.3 Å². The number of hydrogen-bond donors (Lipinski definition) is 2. The monoisotopic (exact) mass is 199 g/mol. The summed E-state index contributed by atoms with van der Waals surface area (Å²) in [5.74, 6) is 3.64. The molecule has 0 saturated carbocycles. The van der Waals surface area contributed by atoms with Crippen molar-refractivity contribution in [2.24, 2.45) is 10.8 Å². The van der Waals surface area contributed by atoms with Crippen LogP contribution in [0.25, 0.3) is 0 Å². The molecule has 0 bridgehead atoms. The van der Waals surface area contributed by atoms with Gasteiger partial charge in [0.15, 0.2) is 11.6 Å². The molecule has 3 nitrogen and oxygen atoms in total. The van der Waals surface area contributed by atoms with Crippen molar-refractivity contribution in [3.63, 3.8) is 0 Å². The molecule has 0 aliphatic heterocycles. The number of hydrazine groups is 1. The first-order chi connectivity index (χ1) is 6.69. The van der Waals surface area contributed by atoms with Crippen molar-refractivity contribution in [1.29, 1.82) is 0 Å². The minimum atomic E-state index is -0.964. The molecule has 0 unspecified atom stereocenters. The number of nitrogens with two attached hydrogens (primary N) is 1. The van der Waals surface area contributed by atoms with Crippen LogP contribution in [-0.2, 0) is 0 Å². The summed E-state index contributed by atoms with van der Waals surface area (Å²) in [5.41, 5.74) is 2.25. The Bertz CT molecular complexity index is 344. The molecular formula is C9H11F2N3. The zero-order chi connectivity index (χ0) is 10.6. The standard InChI is InChI=1S/C9H11F2N3/c1-2-8(14-12)13-7-5-3-4-6(10)9(7)11/h3-5H,2,12H2,1H3,(H,13,14). The van der Waals surface area contributed by atoms with Crippen LogP contribution in [0, 0.1) is 11.6 Å². The third-order valence-corrected chi connectivity index (χ3v) is 1.69. The normalized spacial score (nSPS) is 11.6. The summed E-state index contributed by atoms with van der Waals surface area (Å²) in [7, 11) is 0. The van der Waals surface area contributed by atoms with E-state index in [-0.39, 0.29) is 5.69 Å². The Morgan fingerprint density at radius 1 is 1.50 bits per heavy atom. The van der Waals surface area contributed by atoms with E-state index in [1.54, 1.807) is 6.92 Å². The Morgan fingerprint density at radius 2 is 2.21 bits per heavy atom. The van der Waals surface area contributed by atoms with Crippen LogP contribution in [0.3, 0.4) is 0 Å². The van der Waals surface area contributed by atoms with Gasteiger partial charge in [0.25, 0.3) is 0 Å². The van der Waals surface area contributed by atoms with Gasteiger partial charge in [0.05, 0.1) is 0 Å². The maximum Gasteiger partial charge on any atom is 0.184 e. The fourth-order valence-corrected chi connectivity index (χ4v) is 0.938. The number of nitrogens with one attached hydrogen (secondary N) is 1. The zero-order valence-electron chi connectivity index (χ0n) is 7.72. The maximum absolute atomic E-state index is 13.1. The molecular weight excluding hydrogens is 188 g/mol. The van der Waals surface area contributed by atoms with Gasteiger partial charge in [-0.3, -0.25) is 0 Å². The van der Waals surface area contributed by atoms with Crippen LogP contribution in [0.4, 0.5) is 14.5 Å². The van der Waals surface area contributed by atoms with Gasteiger partial charge < -0.3 is 5.43 Å². The molecule has 0 spiro atoms. The van der Waals surface area contributed by atoms with Crippen molar-refractivity contribution >= 4 is 11.5 Å². The molecule has 0 atom stereocenters. The lowest BCUT2D eigenvalue weighted by Gasteiger charge is -2.02. The van der Waals surface area contributed by atoms with Gasteiger partial charge in [-0.1, -0.05) is 13.0 Å². The molecule has 1 aromatic rings. The number of benzene rings is 1. The van der Waals surface area contributed by atoms with Crippen molar-refractivity contribution < 1.29 is 8.78 Å². The second-order valence-corrected chi connectivity index (χ2v) is 2.63. The van der Waals surface area contributed by atoms with Gasteiger partial charge in [-0.15, -0.1) is 0 Å². The van der Waals surface area contributed by atoms with Crippen molar-refractivity contribution in [1.82, 2.24) is 5.43 Å². The van der Waals surface area contributed by atoms with E-state index in [4.69, 9.17) is 5.84 Å². The van der Waals surface area contributed by atoms with Gasteiger partial charge in [0.1, 0.15) is 11.5 Å². The number of rotatable bonds is 2. The van der Waals surface area contributed by atoms with Crippen LogP contribution >= 0.6 is 0 Å². The molecule has 0 fully saturated rings. The van der Waals surface area contributed by atoms with E-state index in [2.05, 4.69) is 10.4 Å². The number of halogens is 2. The van der Waals surface area contributed by atoms with Crippen LogP contribution in [0.2, 0.25) is 0 Å². The smallest absolute Gasteiger partial charge is 0.184 e. The van der Waals surface area contributed by atoms with Crippen molar-refractivity contribution in [3.05, 3.63) is 29.8 Å². The zero-order valence-corrected chi connectivity index (χ0v) is 7.72. The summed E-state index contributed by atoms with van der Waals surface area (Å²) >= 11 is 0. The third kappa shape index (κ3) is 2.26. The minimum absolute atomic E-state index is 0.0557. The van der Waals surface area contributed by atoms with Crippen LogP contribution in [0.5, 0.6) is 0 Å². The highest BCUT2D eigenvalue weighted by Gasteiger charge is 2.06. The summed E-state index contributed by atoms with van der Waals surface area (Å²) in [5, 5.41) is 0. The van der Waals surface area contributed by atoms with Gasteiger partial charge in [0, 0.05) is 6.42 Å². The Labute approximate surface area is 80.6 Å². The molecule has 76 valence electrons. The Morgan fingerprint density at radius 3 is 2.79 bits per heavy atom. The SMILES string of the molecule is CC/C(=N/c1cccc(F)c1F)NN. The van der Waals surface area contributed by atoms with E-state index in [0.29, 0.717) is 12.3 Å². The Balaban J connectivity index is 3.07. The summed E-state index contributed by atoms with van der Waals surface area (Å²) < 4.78 is 25.8. The first-order valence-corrected chi connectivity index (χ1v) is 4.17. The Hall–Kier alpha value is -1.49. The summed E-state index contributed by atoms with van der Waals surface area (Å²) in [6.45, 7) is 1.80. The highest BCUT2D eigenvalue weighted by molar-refractivity contribution is 5.83. The Kier molecular flexibility index (Phi) is 3.53. The van der Waals surface area contributed by atoms with Gasteiger partial charge in [-0.05, 0) is 12.1 Å². The lowest BCUT2D eigenvalue weighted by molar-refractivity contribution is 0.510. The molecule has 0 heterocycles. The first kappa shape index (κ1) is 10.6.